The SMILES string of the molecule is CCCn1c(SCC(=O)c2cc(OC)ccc2OC)nnc1-c1ccncc1. The van der Waals surface area contributed by atoms with Crippen LogP contribution in [0.2, 0.25) is 0 Å². The molecular formula is C20H22N4O3S. The number of ether oxygens (including phenoxy) is 2. The number of methoxy groups -OCH3 is 2. The third kappa shape index (κ3) is 4.33. The van der Waals surface area contributed by atoms with Crippen LogP contribution < -0.4 is 9.47 Å². The smallest absolute Gasteiger partial charge is 0.191 e. The Kier molecular flexibility index (Phi) is 6.65. The maximum atomic E-state index is 12.8. The lowest BCUT2D eigenvalue weighted by atomic mass is 10.1. The normalized spacial score (nSPS) is 10.7. The quantitative estimate of drug-likeness (QED) is 0.401. The van der Waals surface area contributed by atoms with E-state index in [9.17, 15) is 4.79 Å². The van der Waals surface area contributed by atoms with Crippen LogP contribution in [0.5, 0.6) is 11.5 Å². The van der Waals surface area contributed by atoms with E-state index in [1.165, 1.54) is 11.8 Å². The Bertz CT molecular complexity index is 944. The predicted octanol–water partition coefficient (Wildman–Crippen LogP) is 3.74. The summed E-state index contributed by atoms with van der Waals surface area (Å²) in [6.45, 7) is 2.86. The number of hydrogen-bond acceptors (Lipinski definition) is 7. The number of ketones is 1. The van der Waals surface area contributed by atoms with E-state index in [1.54, 1.807) is 44.8 Å². The zero-order chi connectivity index (χ0) is 19.9. The molecule has 0 saturated heterocycles. The summed E-state index contributed by atoms with van der Waals surface area (Å²) < 4.78 is 12.6. The largest absolute Gasteiger partial charge is 0.497 e. The molecule has 146 valence electrons. The fourth-order valence-corrected chi connectivity index (χ4v) is 3.62. The Hall–Kier alpha value is -2.87. The fraction of sp³-hybridized carbons (Fsp3) is 0.300. The Morgan fingerprint density at radius 2 is 1.89 bits per heavy atom. The zero-order valence-corrected chi connectivity index (χ0v) is 16.9. The number of carbonyl (C=O) groups excluding carboxylic acids is 1. The lowest BCUT2D eigenvalue weighted by Gasteiger charge is -2.10. The second-order valence-corrected chi connectivity index (χ2v) is 6.91. The van der Waals surface area contributed by atoms with Gasteiger partial charge in [0.2, 0.25) is 0 Å². The maximum Gasteiger partial charge on any atom is 0.191 e. The van der Waals surface area contributed by atoms with Gasteiger partial charge < -0.3 is 14.0 Å². The van der Waals surface area contributed by atoms with Crippen LogP contribution in [0.15, 0.2) is 47.9 Å². The first-order valence-corrected chi connectivity index (χ1v) is 9.88. The molecule has 0 aliphatic carbocycles. The highest BCUT2D eigenvalue weighted by Crippen LogP contribution is 2.28. The number of rotatable bonds is 9. The van der Waals surface area contributed by atoms with Gasteiger partial charge in [-0.3, -0.25) is 9.78 Å². The molecule has 0 radical (unpaired) electrons. The summed E-state index contributed by atoms with van der Waals surface area (Å²) >= 11 is 1.37. The molecule has 0 amide bonds. The molecule has 2 aromatic heterocycles. The molecule has 0 unspecified atom stereocenters. The molecule has 0 bridgehead atoms. The number of carbonyl (C=O) groups is 1. The number of benzene rings is 1. The molecule has 0 aliphatic rings. The van der Waals surface area contributed by atoms with Crippen molar-refractivity contribution in [2.24, 2.45) is 0 Å². The summed E-state index contributed by atoms with van der Waals surface area (Å²) in [5.74, 6) is 2.08. The third-order valence-electron chi connectivity index (χ3n) is 4.14. The average molecular weight is 398 g/mol. The van der Waals surface area contributed by atoms with Gasteiger partial charge >= 0.3 is 0 Å². The topological polar surface area (TPSA) is 79.1 Å². The van der Waals surface area contributed by atoms with E-state index in [0.717, 1.165) is 24.4 Å². The fourth-order valence-electron chi connectivity index (χ4n) is 2.78. The maximum absolute atomic E-state index is 12.8. The zero-order valence-electron chi connectivity index (χ0n) is 16.1. The molecule has 2 heterocycles. The van der Waals surface area contributed by atoms with Gasteiger partial charge in [-0.25, -0.2) is 0 Å². The molecule has 0 spiro atoms. The van der Waals surface area contributed by atoms with Crippen molar-refractivity contribution >= 4 is 17.5 Å². The van der Waals surface area contributed by atoms with Gasteiger partial charge in [0.1, 0.15) is 11.5 Å². The molecule has 0 aliphatic heterocycles. The van der Waals surface area contributed by atoms with Gasteiger partial charge in [0.25, 0.3) is 0 Å². The summed E-state index contributed by atoms with van der Waals surface area (Å²) in [5.41, 5.74) is 1.44. The van der Waals surface area contributed by atoms with Gasteiger partial charge in [-0.1, -0.05) is 18.7 Å². The molecule has 7 nitrogen and oxygen atoms in total. The van der Waals surface area contributed by atoms with Gasteiger partial charge in [0.05, 0.1) is 25.5 Å². The average Bonchev–Trinajstić information content (AvgIpc) is 3.15. The van der Waals surface area contributed by atoms with Crippen LogP contribution >= 0.6 is 11.8 Å². The second kappa shape index (κ2) is 9.36. The van der Waals surface area contributed by atoms with Crippen LogP contribution in [0.3, 0.4) is 0 Å². The molecule has 3 rings (SSSR count). The highest BCUT2D eigenvalue weighted by molar-refractivity contribution is 7.99. The van der Waals surface area contributed by atoms with Crippen molar-refractivity contribution in [3.05, 3.63) is 48.3 Å². The van der Waals surface area contributed by atoms with Gasteiger partial charge in [-0.2, -0.15) is 0 Å². The highest BCUT2D eigenvalue weighted by atomic mass is 32.2. The van der Waals surface area contributed by atoms with Crippen molar-refractivity contribution in [3.63, 3.8) is 0 Å². The number of aromatic nitrogens is 4. The van der Waals surface area contributed by atoms with E-state index in [1.807, 2.05) is 16.7 Å². The summed E-state index contributed by atoms with van der Waals surface area (Å²) in [7, 11) is 3.11. The first-order valence-electron chi connectivity index (χ1n) is 8.89. The number of hydrogen-bond donors (Lipinski definition) is 0. The van der Waals surface area contributed by atoms with Crippen molar-refractivity contribution < 1.29 is 14.3 Å². The standard InChI is InChI=1S/C20H22N4O3S/c1-4-11-24-19(14-7-9-21-10-8-14)22-23-20(24)28-13-17(25)16-12-15(26-2)5-6-18(16)27-3/h5-10,12H,4,11,13H2,1-3H3. The lowest BCUT2D eigenvalue weighted by molar-refractivity contribution is 0.101. The summed E-state index contributed by atoms with van der Waals surface area (Å²) in [5, 5.41) is 9.34. The Balaban J connectivity index is 1.81. The van der Waals surface area contributed by atoms with Crippen molar-refractivity contribution in [1.29, 1.82) is 0 Å². The first-order chi connectivity index (χ1) is 13.7. The summed E-state index contributed by atoms with van der Waals surface area (Å²) in [6.07, 6.45) is 4.39. The van der Waals surface area contributed by atoms with Crippen molar-refractivity contribution in [2.45, 2.75) is 25.0 Å². The molecule has 0 N–H and O–H groups in total. The number of pyridine rings is 1. The van der Waals surface area contributed by atoms with Gasteiger partial charge in [-0.15, -0.1) is 10.2 Å². The van der Waals surface area contributed by atoms with Crippen LogP contribution in [0.1, 0.15) is 23.7 Å². The van der Waals surface area contributed by atoms with Crippen molar-refractivity contribution in [3.8, 4) is 22.9 Å². The molecule has 0 atom stereocenters. The van der Waals surface area contributed by atoms with Gasteiger partial charge in [0.15, 0.2) is 16.8 Å². The minimum absolute atomic E-state index is 0.0581. The highest BCUT2D eigenvalue weighted by Gasteiger charge is 2.18. The first kappa shape index (κ1) is 19.9. The van der Waals surface area contributed by atoms with Crippen molar-refractivity contribution in [2.75, 3.05) is 20.0 Å². The minimum atomic E-state index is -0.0581. The molecule has 8 heteroatoms. The van der Waals surface area contributed by atoms with E-state index in [0.29, 0.717) is 22.2 Å². The van der Waals surface area contributed by atoms with Crippen LogP contribution in [0.4, 0.5) is 0 Å². The monoisotopic (exact) mass is 398 g/mol. The van der Waals surface area contributed by atoms with Gasteiger partial charge in [-0.05, 0) is 36.8 Å². The molecule has 0 saturated carbocycles. The molecule has 1 aromatic carbocycles. The molecular weight excluding hydrogens is 376 g/mol. The van der Waals surface area contributed by atoms with Crippen LogP contribution in [-0.4, -0.2) is 45.5 Å². The van der Waals surface area contributed by atoms with E-state index in [4.69, 9.17) is 9.47 Å². The van der Waals surface area contributed by atoms with Gasteiger partial charge in [0, 0.05) is 24.5 Å². The van der Waals surface area contributed by atoms with Crippen LogP contribution in [0, 0.1) is 0 Å². The molecule has 3 aromatic rings. The van der Waals surface area contributed by atoms with E-state index >= 15 is 0 Å². The van der Waals surface area contributed by atoms with E-state index in [-0.39, 0.29) is 11.5 Å². The summed E-state index contributed by atoms with van der Waals surface area (Å²) in [6, 6.07) is 8.99. The van der Waals surface area contributed by atoms with Crippen LogP contribution in [-0.2, 0) is 6.54 Å². The second-order valence-electron chi connectivity index (χ2n) is 5.97. The Labute approximate surface area is 168 Å². The van der Waals surface area contributed by atoms with Crippen molar-refractivity contribution in [1.82, 2.24) is 19.7 Å². The Morgan fingerprint density at radius 1 is 1.11 bits per heavy atom. The minimum Gasteiger partial charge on any atom is -0.497 e. The predicted molar refractivity (Wildman–Crippen MR) is 108 cm³/mol. The van der Waals surface area contributed by atoms with Crippen LogP contribution in [0.25, 0.3) is 11.4 Å². The van der Waals surface area contributed by atoms with E-state index in [2.05, 4.69) is 22.1 Å². The lowest BCUT2D eigenvalue weighted by Crippen LogP contribution is -2.07. The van der Waals surface area contributed by atoms with E-state index < -0.39 is 0 Å². The molecule has 28 heavy (non-hydrogen) atoms. The number of nitrogens with zero attached hydrogens (tertiary/aromatic N) is 4. The summed E-state index contributed by atoms with van der Waals surface area (Å²) in [4.78, 5) is 16.8. The Morgan fingerprint density at radius 3 is 2.57 bits per heavy atom. The molecule has 0 fully saturated rings. The number of thioether (sulfide) groups is 1. The number of Topliss-reactive ketones (excluding diaryl/α,β-unsaturated/α-hetero) is 1. The third-order valence-corrected chi connectivity index (χ3v) is 5.11.